The van der Waals surface area contributed by atoms with E-state index in [1.165, 1.54) is 7.11 Å². The van der Waals surface area contributed by atoms with Crippen LogP contribution in [0.5, 0.6) is 11.5 Å². The third-order valence-electron chi connectivity index (χ3n) is 4.67. The van der Waals surface area contributed by atoms with E-state index in [1.54, 1.807) is 0 Å². The van der Waals surface area contributed by atoms with Crippen molar-refractivity contribution in [3.8, 4) is 11.5 Å². The molecule has 0 saturated heterocycles. The van der Waals surface area contributed by atoms with Crippen LogP contribution >= 0.6 is 0 Å². The van der Waals surface area contributed by atoms with Crippen LogP contribution in [0.1, 0.15) is 29.5 Å². The van der Waals surface area contributed by atoms with Crippen molar-refractivity contribution in [1.82, 2.24) is 0 Å². The Kier molecular flexibility index (Phi) is 3.08. The number of esters is 1. The van der Waals surface area contributed by atoms with Gasteiger partial charge in [-0.15, -0.1) is 0 Å². The molecule has 4 nitrogen and oxygen atoms in total. The van der Waals surface area contributed by atoms with Crippen molar-refractivity contribution in [2.24, 2.45) is 0 Å². The fourth-order valence-electron chi connectivity index (χ4n) is 3.34. The van der Waals surface area contributed by atoms with Crippen molar-refractivity contribution < 1.29 is 19.0 Å². The third kappa shape index (κ3) is 2.17. The summed E-state index contributed by atoms with van der Waals surface area (Å²) in [7, 11) is 1.33. The Morgan fingerprint density at radius 1 is 1.09 bits per heavy atom. The Balaban J connectivity index is 1.92. The quantitative estimate of drug-likeness (QED) is 0.758. The molecule has 2 aromatic rings. The SMILES string of the molecule is COC(=O)C1Oc2ccccc2C2(CC2)c2ccc(C)cc2O1. The predicted molar refractivity (Wildman–Crippen MR) is 84.7 cm³/mol. The molecular formula is C19H18O4. The van der Waals surface area contributed by atoms with Crippen LogP contribution in [0.25, 0.3) is 0 Å². The lowest BCUT2D eigenvalue weighted by molar-refractivity contribution is -0.162. The Morgan fingerprint density at radius 3 is 2.52 bits per heavy atom. The van der Waals surface area contributed by atoms with E-state index in [0.29, 0.717) is 11.5 Å². The minimum atomic E-state index is -1.10. The number of benzene rings is 2. The summed E-state index contributed by atoms with van der Waals surface area (Å²) in [6.07, 6.45) is 1.00. The molecule has 1 aliphatic carbocycles. The Hall–Kier alpha value is -2.49. The van der Waals surface area contributed by atoms with Crippen LogP contribution in [0.3, 0.4) is 0 Å². The van der Waals surface area contributed by atoms with Gasteiger partial charge >= 0.3 is 12.3 Å². The zero-order valence-corrected chi connectivity index (χ0v) is 13.2. The first-order valence-corrected chi connectivity index (χ1v) is 7.76. The van der Waals surface area contributed by atoms with Gasteiger partial charge in [-0.25, -0.2) is 4.79 Å². The van der Waals surface area contributed by atoms with Gasteiger partial charge < -0.3 is 14.2 Å². The van der Waals surface area contributed by atoms with Crippen LogP contribution in [0.15, 0.2) is 42.5 Å². The first-order valence-electron chi connectivity index (χ1n) is 7.76. The molecule has 1 aliphatic heterocycles. The monoisotopic (exact) mass is 310 g/mol. The molecule has 4 rings (SSSR count). The highest BCUT2D eigenvalue weighted by molar-refractivity contribution is 5.74. The van der Waals surface area contributed by atoms with E-state index in [9.17, 15) is 4.79 Å². The normalized spacial score (nSPS) is 20.2. The molecule has 118 valence electrons. The van der Waals surface area contributed by atoms with Crippen LogP contribution < -0.4 is 9.47 Å². The summed E-state index contributed by atoms with van der Waals surface area (Å²) in [6.45, 7) is 2.00. The Morgan fingerprint density at radius 2 is 1.78 bits per heavy atom. The van der Waals surface area contributed by atoms with E-state index < -0.39 is 12.3 Å². The molecular weight excluding hydrogens is 292 g/mol. The molecule has 2 aromatic carbocycles. The molecule has 1 unspecified atom stereocenters. The van der Waals surface area contributed by atoms with E-state index in [-0.39, 0.29) is 5.41 Å². The number of para-hydroxylation sites is 1. The maximum absolute atomic E-state index is 12.0. The standard InChI is InChI=1S/C19H18O4/c1-12-7-8-14-16(11-12)23-18(17(20)21-2)22-15-6-4-3-5-13(15)19(14)9-10-19/h3-8,11,18H,9-10H2,1-2H3. The van der Waals surface area contributed by atoms with Crippen molar-refractivity contribution in [2.45, 2.75) is 31.5 Å². The van der Waals surface area contributed by atoms with Crippen molar-refractivity contribution in [1.29, 1.82) is 0 Å². The van der Waals surface area contributed by atoms with Gasteiger partial charge in [0.1, 0.15) is 11.5 Å². The largest absolute Gasteiger partial charge is 0.463 e. The molecule has 0 bridgehead atoms. The van der Waals surface area contributed by atoms with Gasteiger partial charge in [0.15, 0.2) is 0 Å². The van der Waals surface area contributed by atoms with E-state index in [1.807, 2.05) is 31.2 Å². The molecule has 0 amide bonds. The topological polar surface area (TPSA) is 44.8 Å². The predicted octanol–water partition coefficient (Wildman–Crippen LogP) is 3.35. The van der Waals surface area contributed by atoms with E-state index in [4.69, 9.17) is 14.2 Å². The van der Waals surface area contributed by atoms with Crippen LogP contribution in [0.2, 0.25) is 0 Å². The summed E-state index contributed by atoms with van der Waals surface area (Å²) in [6, 6.07) is 14.0. The van der Waals surface area contributed by atoms with Crippen LogP contribution in [0, 0.1) is 6.92 Å². The highest BCUT2D eigenvalue weighted by atomic mass is 16.7. The van der Waals surface area contributed by atoms with Gasteiger partial charge in [0, 0.05) is 16.5 Å². The van der Waals surface area contributed by atoms with E-state index in [2.05, 4.69) is 18.2 Å². The first kappa shape index (κ1) is 14.1. The minimum absolute atomic E-state index is 0.0687. The van der Waals surface area contributed by atoms with Gasteiger partial charge in [-0.2, -0.15) is 0 Å². The molecule has 1 heterocycles. The van der Waals surface area contributed by atoms with Crippen LogP contribution in [0.4, 0.5) is 0 Å². The summed E-state index contributed by atoms with van der Waals surface area (Å²) in [4.78, 5) is 12.0. The van der Waals surface area contributed by atoms with Gasteiger partial charge in [0.05, 0.1) is 7.11 Å². The zero-order valence-electron chi connectivity index (χ0n) is 13.2. The average molecular weight is 310 g/mol. The second-order valence-electron chi connectivity index (χ2n) is 6.17. The number of carbonyl (C=O) groups excluding carboxylic acids is 1. The first-order chi connectivity index (χ1) is 11.1. The second kappa shape index (κ2) is 5.01. The number of ether oxygens (including phenoxy) is 3. The number of methoxy groups -OCH3 is 1. The minimum Gasteiger partial charge on any atom is -0.463 e. The van der Waals surface area contributed by atoms with Crippen molar-refractivity contribution >= 4 is 5.97 Å². The highest BCUT2D eigenvalue weighted by Gasteiger charge is 2.51. The Bertz CT molecular complexity index is 777. The molecule has 23 heavy (non-hydrogen) atoms. The summed E-state index contributed by atoms with van der Waals surface area (Å²) in [5.74, 6) is 0.845. The number of hydrogen-bond acceptors (Lipinski definition) is 4. The summed E-state index contributed by atoms with van der Waals surface area (Å²) < 4.78 is 16.6. The van der Waals surface area contributed by atoms with Gasteiger partial charge in [-0.1, -0.05) is 30.3 Å². The van der Waals surface area contributed by atoms with Crippen LogP contribution in [-0.4, -0.2) is 19.4 Å². The lowest BCUT2D eigenvalue weighted by atomic mass is 9.86. The molecule has 1 atom stereocenters. The number of hydrogen-bond donors (Lipinski definition) is 0. The fraction of sp³-hybridized carbons (Fsp3) is 0.316. The van der Waals surface area contributed by atoms with Crippen molar-refractivity contribution in [3.05, 3.63) is 59.2 Å². The maximum atomic E-state index is 12.0. The van der Waals surface area contributed by atoms with E-state index >= 15 is 0 Å². The molecule has 1 spiro atoms. The number of carbonyl (C=O) groups is 1. The maximum Gasteiger partial charge on any atom is 0.389 e. The number of rotatable bonds is 1. The second-order valence-corrected chi connectivity index (χ2v) is 6.17. The number of aryl methyl sites for hydroxylation is 1. The number of fused-ring (bicyclic) bond motifs is 4. The molecule has 0 N–H and O–H groups in total. The van der Waals surface area contributed by atoms with E-state index in [0.717, 1.165) is 29.5 Å². The molecule has 1 saturated carbocycles. The van der Waals surface area contributed by atoms with Crippen molar-refractivity contribution in [3.63, 3.8) is 0 Å². The average Bonchev–Trinajstić information content (AvgIpc) is 3.34. The summed E-state index contributed by atoms with van der Waals surface area (Å²) in [5.41, 5.74) is 3.24. The summed E-state index contributed by atoms with van der Waals surface area (Å²) >= 11 is 0. The molecule has 0 aromatic heterocycles. The zero-order chi connectivity index (χ0) is 16.0. The molecule has 0 radical (unpaired) electrons. The van der Waals surface area contributed by atoms with Crippen LogP contribution in [-0.2, 0) is 14.9 Å². The smallest absolute Gasteiger partial charge is 0.389 e. The van der Waals surface area contributed by atoms with Crippen molar-refractivity contribution in [2.75, 3.05) is 7.11 Å². The highest BCUT2D eigenvalue weighted by Crippen LogP contribution is 2.59. The molecule has 4 heteroatoms. The third-order valence-corrected chi connectivity index (χ3v) is 4.67. The van der Waals surface area contributed by atoms with Gasteiger partial charge in [0.25, 0.3) is 0 Å². The lowest BCUT2D eigenvalue weighted by Gasteiger charge is -2.29. The fourth-order valence-corrected chi connectivity index (χ4v) is 3.34. The lowest BCUT2D eigenvalue weighted by Crippen LogP contribution is -2.36. The van der Waals surface area contributed by atoms with Gasteiger partial charge in [-0.3, -0.25) is 0 Å². The molecule has 1 fully saturated rings. The molecule has 2 aliphatic rings. The van der Waals surface area contributed by atoms with Gasteiger partial charge in [0.2, 0.25) is 0 Å². The summed E-state index contributed by atoms with van der Waals surface area (Å²) in [5, 5.41) is 0. The Labute approximate surface area is 135 Å². The van der Waals surface area contributed by atoms with Gasteiger partial charge in [-0.05, 0) is 37.5 Å².